The zero-order chi connectivity index (χ0) is 32.6. The molecular formula is C34H27F5O6. The lowest BCUT2D eigenvalue weighted by atomic mass is 9.91. The molecule has 1 unspecified atom stereocenters. The monoisotopic (exact) mass is 626 g/mol. The van der Waals surface area contributed by atoms with Crippen LogP contribution in [0.3, 0.4) is 0 Å². The minimum Gasteiger partial charge on any atom is -0.478 e. The molecule has 0 aliphatic rings. The van der Waals surface area contributed by atoms with Crippen LogP contribution in [0.15, 0.2) is 103 Å². The molecule has 4 rings (SSSR count). The molecule has 0 radical (unpaired) electrons. The molecule has 234 valence electrons. The second kappa shape index (κ2) is 14.1. The molecule has 0 amide bonds. The molecule has 4 aromatic rings. The van der Waals surface area contributed by atoms with Gasteiger partial charge in [-0.3, -0.25) is 0 Å². The number of para-hydroxylation sites is 1. The molecule has 0 saturated carbocycles. The molecule has 0 bridgehead atoms. The van der Waals surface area contributed by atoms with Crippen LogP contribution in [-0.2, 0) is 19.0 Å². The standard InChI is InChI=1S/C34H27F5O6/c35-33(36,28-17-19-29(20-18-28)44-34(37,38)39)45-30-4-2-1-3-25(30)12-9-23(21-24-10-15-27(16-11-24)32(42)43)6-5-22-7-13-26(14-8-22)31(40)41/h1-4,7-20,23H,5-6,21H2,(H,40,41)(H,42,43)/b12-9+. The van der Waals surface area contributed by atoms with E-state index in [1.807, 2.05) is 6.08 Å². The fraction of sp³-hybridized carbons (Fsp3) is 0.176. The van der Waals surface area contributed by atoms with Crippen molar-refractivity contribution in [1.29, 1.82) is 0 Å². The molecule has 0 fully saturated rings. The van der Waals surface area contributed by atoms with Crippen LogP contribution in [0.25, 0.3) is 6.08 Å². The summed E-state index contributed by atoms with van der Waals surface area (Å²) in [5, 5.41) is 18.4. The summed E-state index contributed by atoms with van der Waals surface area (Å²) in [5.41, 5.74) is 1.70. The Morgan fingerprint density at radius 1 is 0.711 bits per heavy atom. The third kappa shape index (κ3) is 9.65. The maximum Gasteiger partial charge on any atom is 0.573 e. The molecule has 0 aromatic heterocycles. The molecule has 0 aliphatic heterocycles. The van der Waals surface area contributed by atoms with Crippen LogP contribution in [0.5, 0.6) is 11.5 Å². The predicted octanol–water partition coefficient (Wildman–Crippen LogP) is 8.61. The maximum atomic E-state index is 15.1. The van der Waals surface area contributed by atoms with Gasteiger partial charge in [0.1, 0.15) is 11.5 Å². The molecule has 45 heavy (non-hydrogen) atoms. The van der Waals surface area contributed by atoms with Crippen LogP contribution < -0.4 is 9.47 Å². The van der Waals surface area contributed by atoms with Crippen molar-refractivity contribution in [3.05, 3.63) is 137 Å². The Morgan fingerprint density at radius 3 is 1.82 bits per heavy atom. The molecule has 1 atom stereocenters. The van der Waals surface area contributed by atoms with E-state index in [0.717, 1.165) is 35.4 Å². The van der Waals surface area contributed by atoms with Crippen molar-refractivity contribution < 1.29 is 51.2 Å². The largest absolute Gasteiger partial charge is 0.573 e. The lowest BCUT2D eigenvalue weighted by molar-refractivity contribution is -0.274. The van der Waals surface area contributed by atoms with E-state index in [2.05, 4.69) is 4.74 Å². The average Bonchev–Trinajstić information content (AvgIpc) is 2.99. The smallest absolute Gasteiger partial charge is 0.478 e. The highest BCUT2D eigenvalue weighted by Gasteiger charge is 2.36. The summed E-state index contributed by atoms with van der Waals surface area (Å²) in [4.78, 5) is 22.4. The van der Waals surface area contributed by atoms with Crippen LogP contribution in [0.2, 0.25) is 0 Å². The van der Waals surface area contributed by atoms with Gasteiger partial charge in [-0.25, -0.2) is 9.59 Å². The lowest BCUT2D eigenvalue weighted by Gasteiger charge is -2.20. The highest BCUT2D eigenvalue weighted by Crippen LogP contribution is 2.35. The molecule has 0 saturated heterocycles. The Kier molecular flexibility index (Phi) is 10.2. The topological polar surface area (TPSA) is 93.1 Å². The molecule has 4 aromatic carbocycles. The van der Waals surface area contributed by atoms with E-state index in [-0.39, 0.29) is 22.8 Å². The van der Waals surface area contributed by atoms with E-state index in [9.17, 15) is 27.9 Å². The quantitative estimate of drug-likeness (QED) is 0.144. The van der Waals surface area contributed by atoms with E-state index in [1.54, 1.807) is 42.5 Å². The van der Waals surface area contributed by atoms with Gasteiger partial charge in [-0.15, -0.1) is 13.2 Å². The number of rotatable bonds is 13. The van der Waals surface area contributed by atoms with Gasteiger partial charge in [0.05, 0.1) is 16.7 Å². The summed E-state index contributed by atoms with van der Waals surface area (Å²) in [6.07, 6.45) is -3.71. The summed E-state index contributed by atoms with van der Waals surface area (Å²) in [6, 6.07) is 22.0. The number of aromatic carboxylic acids is 2. The maximum absolute atomic E-state index is 15.1. The molecule has 11 heteroatoms. The van der Waals surface area contributed by atoms with Gasteiger partial charge in [0.25, 0.3) is 0 Å². The number of hydrogen-bond acceptors (Lipinski definition) is 4. The first-order valence-electron chi connectivity index (χ1n) is 13.6. The molecule has 0 spiro atoms. The Bertz CT molecular complexity index is 1630. The molecule has 0 heterocycles. The minimum absolute atomic E-state index is 0.138. The van der Waals surface area contributed by atoms with Gasteiger partial charge in [0.2, 0.25) is 0 Å². The first-order chi connectivity index (χ1) is 21.3. The Hall–Kier alpha value is -5.19. The average molecular weight is 627 g/mol. The Balaban J connectivity index is 1.53. The zero-order valence-corrected chi connectivity index (χ0v) is 23.5. The number of halogens is 5. The van der Waals surface area contributed by atoms with Crippen molar-refractivity contribution in [3.63, 3.8) is 0 Å². The fourth-order valence-corrected chi connectivity index (χ4v) is 4.52. The lowest BCUT2D eigenvalue weighted by Crippen LogP contribution is -2.22. The second-order valence-electron chi connectivity index (χ2n) is 10.1. The Morgan fingerprint density at radius 2 is 1.27 bits per heavy atom. The number of ether oxygens (including phenoxy) is 2. The van der Waals surface area contributed by atoms with Gasteiger partial charge in [-0.05, 0) is 90.9 Å². The van der Waals surface area contributed by atoms with Crippen molar-refractivity contribution >= 4 is 18.0 Å². The van der Waals surface area contributed by atoms with Crippen molar-refractivity contribution in [2.24, 2.45) is 5.92 Å². The van der Waals surface area contributed by atoms with Gasteiger partial charge < -0.3 is 19.7 Å². The van der Waals surface area contributed by atoms with Crippen LogP contribution in [0.1, 0.15) is 49.4 Å². The number of carboxylic acids is 2. The first-order valence-corrected chi connectivity index (χ1v) is 13.6. The van der Waals surface area contributed by atoms with E-state index < -0.39 is 35.7 Å². The van der Waals surface area contributed by atoms with E-state index in [1.165, 1.54) is 36.4 Å². The van der Waals surface area contributed by atoms with Gasteiger partial charge in [0, 0.05) is 5.56 Å². The number of benzene rings is 4. The molecule has 2 N–H and O–H groups in total. The van der Waals surface area contributed by atoms with E-state index in [0.29, 0.717) is 24.8 Å². The summed E-state index contributed by atoms with van der Waals surface area (Å²) < 4.78 is 76.2. The summed E-state index contributed by atoms with van der Waals surface area (Å²) in [6.45, 7) is 0. The van der Waals surface area contributed by atoms with E-state index >= 15 is 8.78 Å². The normalized spacial score (nSPS) is 12.6. The van der Waals surface area contributed by atoms with Gasteiger partial charge >= 0.3 is 24.4 Å². The SMILES string of the molecule is O=C(O)c1ccc(CCC(/C=C/c2ccccc2OC(F)(F)c2ccc(OC(F)(F)F)cc2)Cc2ccc(C(=O)O)cc2)cc1. The van der Waals surface area contributed by atoms with Crippen molar-refractivity contribution in [1.82, 2.24) is 0 Å². The Labute approximate surface area is 255 Å². The van der Waals surface area contributed by atoms with Crippen LogP contribution in [-0.4, -0.2) is 28.5 Å². The van der Waals surface area contributed by atoms with Gasteiger partial charge in [-0.2, -0.15) is 8.78 Å². The van der Waals surface area contributed by atoms with Gasteiger partial charge in [-0.1, -0.05) is 54.6 Å². The molecule has 0 aliphatic carbocycles. The summed E-state index contributed by atoms with van der Waals surface area (Å²) in [7, 11) is 0. The number of alkyl halides is 5. The number of allylic oxidation sites excluding steroid dienone is 1. The first kappa shape index (κ1) is 32.7. The van der Waals surface area contributed by atoms with Crippen LogP contribution in [0.4, 0.5) is 22.0 Å². The molecular weight excluding hydrogens is 599 g/mol. The summed E-state index contributed by atoms with van der Waals surface area (Å²) in [5.74, 6) is -3.04. The van der Waals surface area contributed by atoms with E-state index in [4.69, 9.17) is 9.84 Å². The van der Waals surface area contributed by atoms with Gasteiger partial charge in [0.15, 0.2) is 0 Å². The number of carbonyl (C=O) groups is 2. The molecule has 6 nitrogen and oxygen atoms in total. The third-order valence-corrected chi connectivity index (χ3v) is 6.83. The number of hydrogen-bond donors (Lipinski definition) is 2. The highest BCUT2D eigenvalue weighted by atomic mass is 19.4. The minimum atomic E-state index is -4.96. The van der Waals surface area contributed by atoms with Crippen LogP contribution in [0, 0.1) is 5.92 Å². The fourth-order valence-electron chi connectivity index (χ4n) is 4.52. The predicted molar refractivity (Wildman–Crippen MR) is 155 cm³/mol. The van der Waals surface area contributed by atoms with Crippen molar-refractivity contribution in [3.8, 4) is 11.5 Å². The van der Waals surface area contributed by atoms with Crippen LogP contribution >= 0.6 is 0 Å². The highest BCUT2D eigenvalue weighted by molar-refractivity contribution is 5.88. The third-order valence-electron chi connectivity index (χ3n) is 6.83. The number of carboxylic acid groups (broad SMARTS) is 2. The number of aryl methyl sites for hydroxylation is 1. The van der Waals surface area contributed by atoms with Crippen molar-refractivity contribution in [2.45, 2.75) is 31.7 Å². The zero-order valence-electron chi connectivity index (χ0n) is 23.5. The van der Waals surface area contributed by atoms with Crippen molar-refractivity contribution in [2.75, 3.05) is 0 Å². The second-order valence-corrected chi connectivity index (χ2v) is 10.1. The summed E-state index contributed by atoms with van der Waals surface area (Å²) >= 11 is 0.